The Kier molecular flexibility index (Phi) is 7.47. The second-order valence-corrected chi connectivity index (χ2v) is 6.17. The highest BCUT2D eigenvalue weighted by Crippen LogP contribution is 2.42. The molecule has 0 aliphatic rings. The van der Waals surface area contributed by atoms with Gasteiger partial charge in [0, 0.05) is 21.5 Å². The summed E-state index contributed by atoms with van der Waals surface area (Å²) in [5, 5.41) is 4.08. The van der Waals surface area contributed by atoms with E-state index in [0.717, 1.165) is 33.0 Å². The van der Waals surface area contributed by atoms with Crippen LogP contribution in [0.4, 0.5) is 0 Å². The average molecular weight is 378 g/mol. The van der Waals surface area contributed by atoms with E-state index in [4.69, 9.17) is 18.9 Å². The molecule has 28 heavy (non-hydrogen) atoms. The van der Waals surface area contributed by atoms with Gasteiger partial charge in [0.05, 0.1) is 26.4 Å². The Morgan fingerprint density at radius 3 is 1.25 bits per heavy atom. The van der Waals surface area contributed by atoms with E-state index in [1.807, 2.05) is 24.3 Å². The molecule has 0 saturated heterocycles. The number of fused-ring (bicyclic) bond motifs is 2. The monoisotopic (exact) mass is 378 g/mol. The van der Waals surface area contributed by atoms with Gasteiger partial charge in [-0.1, -0.05) is 60.7 Å². The third-order valence-electron chi connectivity index (χ3n) is 4.25. The molecule has 0 aliphatic heterocycles. The zero-order chi connectivity index (χ0) is 19.6. The molecule has 0 heterocycles. The van der Waals surface area contributed by atoms with E-state index in [9.17, 15) is 0 Å². The third kappa shape index (κ3) is 4.71. The molecule has 4 nitrogen and oxygen atoms in total. The molecular formula is C24H26O4. The highest BCUT2D eigenvalue weighted by molar-refractivity contribution is 6.11. The topological polar surface area (TPSA) is 36.9 Å². The first-order valence-electron chi connectivity index (χ1n) is 9.43. The van der Waals surface area contributed by atoms with E-state index in [1.54, 1.807) is 12.2 Å². The Morgan fingerprint density at radius 2 is 0.929 bits per heavy atom. The number of rotatable bonds is 12. The molecule has 0 fully saturated rings. The fourth-order valence-electron chi connectivity index (χ4n) is 3.10. The largest absolute Gasteiger partial charge is 0.490 e. The molecule has 0 atom stereocenters. The first-order valence-corrected chi connectivity index (χ1v) is 9.43. The molecule has 3 rings (SSSR count). The van der Waals surface area contributed by atoms with Crippen molar-refractivity contribution in [2.45, 2.75) is 0 Å². The number of ether oxygens (including phenoxy) is 4. The normalized spacial score (nSPS) is 10.9. The van der Waals surface area contributed by atoms with Crippen molar-refractivity contribution in [3.63, 3.8) is 0 Å². The zero-order valence-electron chi connectivity index (χ0n) is 16.1. The second kappa shape index (κ2) is 10.5. The van der Waals surface area contributed by atoms with Crippen LogP contribution in [0.15, 0.2) is 73.8 Å². The molecule has 0 unspecified atom stereocenters. The van der Waals surface area contributed by atoms with Crippen molar-refractivity contribution < 1.29 is 18.9 Å². The minimum atomic E-state index is 0.470. The van der Waals surface area contributed by atoms with Crippen LogP contribution in [-0.2, 0) is 9.47 Å². The summed E-state index contributed by atoms with van der Waals surface area (Å²) in [5.41, 5.74) is 0. The molecule has 0 aliphatic carbocycles. The van der Waals surface area contributed by atoms with Crippen molar-refractivity contribution in [1.29, 1.82) is 0 Å². The first kappa shape index (κ1) is 19.9. The predicted molar refractivity (Wildman–Crippen MR) is 114 cm³/mol. The predicted octanol–water partition coefficient (Wildman–Crippen LogP) is 5.16. The summed E-state index contributed by atoms with van der Waals surface area (Å²) in [7, 11) is 0. The van der Waals surface area contributed by atoms with E-state index >= 15 is 0 Å². The van der Waals surface area contributed by atoms with Crippen LogP contribution in [0.3, 0.4) is 0 Å². The summed E-state index contributed by atoms with van der Waals surface area (Å²) >= 11 is 0. The van der Waals surface area contributed by atoms with Gasteiger partial charge in [0.2, 0.25) is 0 Å². The van der Waals surface area contributed by atoms with E-state index in [-0.39, 0.29) is 0 Å². The van der Waals surface area contributed by atoms with Crippen molar-refractivity contribution in [1.82, 2.24) is 0 Å². The number of hydrogen-bond donors (Lipinski definition) is 0. The molecule has 0 bridgehead atoms. The van der Waals surface area contributed by atoms with Gasteiger partial charge < -0.3 is 18.9 Å². The number of benzene rings is 3. The first-order chi connectivity index (χ1) is 13.9. The van der Waals surface area contributed by atoms with Gasteiger partial charge in [0.25, 0.3) is 0 Å². The quantitative estimate of drug-likeness (QED) is 0.248. The Bertz CT molecular complexity index is 799. The Labute approximate surface area is 166 Å². The molecule has 4 heteroatoms. The molecular weight excluding hydrogens is 352 g/mol. The highest BCUT2D eigenvalue weighted by atomic mass is 16.5. The SMILES string of the molecule is C=CCOCCOc1c2ccccc2c(OCCOCC=C)c2ccccc12. The van der Waals surface area contributed by atoms with Gasteiger partial charge in [-0.3, -0.25) is 0 Å². The van der Waals surface area contributed by atoms with Crippen molar-refractivity contribution in [2.75, 3.05) is 39.6 Å². The minimum absolute atomic E-state index is 0.470. The van der Waals surface area contributed by atoms with E-state index in [1.165, 1.54) is 0 Å². The Balaban J connectivity index is 1.93. The molecule has 0 amide bonds. The second-order valence-electron chi connectivity index (χ2n) is 6.17. The summed E-state index contributed by atoms with van der Waals surface area (Å²) < 4.78 is 23.2. The van der Waals surface area contributed by atoms with Crippen LogP contribution in [0.2, 0.25) is 0 Å². The fraction of sp³-hybridized carbons (Fsp3) is 0.250. The van der Waals surface area contributed by atoms with Gasteiger partial charge >= 0.3 is 0 Å². The van der Waals surface area contributed by atoms with Crippen LogP contribution in [0.25, 0.3) is 21.5 Å². The molecule has 146 valence electrons. The Hall–Kier alpha value is -2.82. The van der Waals surface area contributed by atoms with Crippen LogP contribution in [0.5, 0.6) is 11.5 Å². The summed E-state index contributed by atoms with van der Waals surface area (Å²) in [5.74, 6) is 1.70. The van der Waals surface area contributed by atoms with E-state index < -0.39 is 0 Å². The fourth-order valence-corrected chi connectivity index (χ4v) is 3.10. The van der Waals surface area contributed by atoms with Crippen molar-refractivity contribution >= 4 is 21.5 Å². The summed E-state index contributed by atoms with van der Waals surface area (Å²) in [6.07, 6.45) is 3.46. The average Bonchev–Trinajstić information content (AvgIpc) is 2.74. The van der Waals surface area contributed by atoms with E-state index in [2.05, 4.69) is 37.4 Å². The third-order valence-corrected chi connectivity index (χ3v) is 4.25. The van der Waals surface area contributed by atoms with Crippen LogP contribution >= 0.6 is 0 Å². The molecule has 3 aromatic rings. The molecule has 0 saturated carbocycles. The highest BCUT2D eigenvalue weighted by Gasteiger charge is 2.15. The van der Waals surface area contributed by atoms with Crippen LogP contribution < -0.4 is 9.47 Å². The summed E-state index contributed by atoms with van der Waals surface area (Å²) in [4.78, 5) is 0. The lowest BCUT2D eigenvalue weighted by atomic mass is 10.0. The standard InChI is InChI=1S/C24H26O4/c1-3-13-25-15-17-27-23-19-9-5-7-11-21(19)24(28-18-16-26-14-4-2)22-12-8-6-10-20(22)23/h3-12H,1-2,13-18H2. The lowest BCUT2D eigenvalue weighted by Gasteiger charge is -2.18. The maximum atomic E-state index is 6.14. The van der Waals surface area contributed by atoms with Crippen molar-refractivity contribution in [2.24, 2.45) is 0 Å². The smallest absolute Gasteiger partial charge is 0.135 e. The van der Waals surface area contributed by atoms with Gasteiger partial charge in [-0.2, -0.15) is 0 Å². The summed E-state index contributed by atoms with van der Waals surface area (Å²) in [6, 6.07) is 16.3. The summed E-state index contributed by atoms with van der Waals surface area (Å²) in [6.45, 7) is 10.3. The molecule has 0 aromatic heterocycles. The van der Waals surface area contributed by atoms with Crippen molar-refractivity contribution in [3.8, 4) is 11.5 Å². The lowest BCUT2D eigenvalue weighted by Crippen LogP contribution is -2.09. The zero-order valence-corrected chi connectivity index (χ0v) is 16.1. The van der Waals surface area contributed by atoms with Crippen LogP contribution in [0, 0.1) is 0 Å². The van der Waals surface area contributed by atoms with Crippen molar-refractivity contribution in [3.05, 3.63) is 73.8 Å². The van der Waals surface area contributed by atoms with Gasteiger partial charge in [0.15, 0.2) is 0 Å². The molecule has 0 N–H and O–H groups in total. The van der Waals surface area contributed by atoms with Gasteiger partial charge in [-0.05, 0) is 0 Å². The maximum absolute atomic E-state index is 6.14. The van der Waals surface area contributed by atoms with Gasteiger partial charge in [0.1, 0.15) is 24.7 Å². The molecule has 0 spiro atoms. The molecule has 0 radical (unpaired) electrons. The van der Waals surface area contributed by atoms with Crippen LogP contribution in [0.1, 0.15) is 0 Å². The van der Waals surface area contributed by atoms with Gasteiger partial charge in [-0.15, -0.1) is 13.2 Å². The Morgan fingerprint density at radius 1 is 0.571 bits per heavy atom. The maximum Gasteiger partial charge on any atom is 0.135 e. The van der Waals surface area contributed by atoms with Gasteiger partial charge in [-0.25, -0.2) is 0 Å². The minimum Gasteiger partial charge on any atom is -0.490 e. The molecule has 3 aromatic carbocycles. The lowest BCUT2D eigenvalue weighted by molar-refractivity contribution is 0.121. The van der Waals surface area contributed by atoms with Crippen LogP contribution in [-0.4, -0.2) is 39.6 Å². The number of hydrogen-bond acceptors (Lipinski definition) is 4. The van der Waals surface area contributed by atoms with E-state index in [0.29, 0.717) is 39.6 Å².